The Bertz CT molecular complexity index is 649. The topological polar surface area (TPSA) is 45.0 Å². The molecule has 4 heteroatoms. The van der Waals surface area contributed by atoms with Crippen molar-refractivity contribution in [1.29, 1.82) is 5.26 Å². The second kappa shape index (κ2) is 7.41. The molecular formula is C17H17FN2O. The Morgan fingerprint density at radius 2 is 2.05 bits per heavy atom. The molecular weight excluding hydrogens is 267 g/mol. The van der Waals surface area contributed by atoms with Crippen molar-refractivity contribution in [2.24, 2.45) is 0 Å². The Labute approximate surface area is 124 Å². The molecule has 0 saturated carbocycles. The van der Waals surface area contributed by atoms with Crippen LogP contribution in [0.1, 0.15) is 23.6 Å². The van der Waals surface area contributed by atoms with Gasteiger partial charge in [0.25, 0.3) is 0 Å². The molecule has 0 heterocycles. The summed E-state index contributed by atoms with van der Waals surface area (Å²) >= 11 is 0. The predicted molar refractivity (Wildman–Crippen MR) is 79.3 cm³/mol. The third-order valence-electron chi connectivity index (χ3n) is 3.04. The molecule has 0 unspecified atom stereocenters. The Balaban J connectivity index is 1.97. The van der Waals surface area contributed by atoms with Gasteiger partial charge in [0.05, 0.1) is 18.2 Å². The van der Waals surface area contributed by atoms with Gasteiger partial charge in [-0.25, -0.2) is 4.39 Å². The highest BCUT2D eigenvalue weighted by atomic mass is 19.1. The lowest BCUT2D eigenvalue weighted by Gasteiger charge is -2.09. The molecule has 3 nitrogen and oxygen atoms in total. The lowest BCUT2D eigenvalue weighted by molar-refractivity contribution is 0.340. The highest BCUT2D eigenvalue weighted by Crippen LogP contribution is 2.14. The van der Waals surface area contributed by atoms with Gasteiger partial charge in [0.1, 0.15) is 11.6 Å². The second-order valence-corrected chi connectivity index (χ2v) is 4.60. The summed E-state index contributed by atoms with van der Waals surface area (Å²) < 4.78 is 18.7. The number of nitrogens with zero attached hydrogens (tertiary/aromatic N) is 1. The SMILES string of the molecule is CCOc1cccc(CNCc2cc(F)ccc2C#N)c1. The van der Waals surface area contributed by atoms with Crippen molar-refractivity contribution < 1.29 is 9.13 Å². The van der Waals surface area contributed by atoms with Crippen molar-refractivity contribution in [3.05, 3.63) is 65.0 Å². The molecule has 0 saturated heterocycles. The van der Waals surface area contributed by atoms with E-state index in [1.165, 1.54) is 18.2 Å². The molecule has 2 rings (SSSR count). The fourth-order valence-electron chi connectivity index (χ4n) is 2.07. The minimum Gasteiger partial charge on any atom is -0.494 e. The number of nitriles is 1. The molecule has 108 valence electrons. The molecule has 0 aromatic heterocycles. The Hall–Kier alpha value is -2.38. The van der Waals surface area contributed by atoms with Crippen molar-refractivity contribution in [3.63, 3.8) is 0 Å². The summed E-state index contributed by atoms with van der Waals surface area (Å²) in [7, 11) is 0. The fraction of sp³-hybridized carbons (Fsp3) is 0.235. The zero-order valence-electron chi connectivity index (χ0n) is 11.9. The van der Waals surface area contributed by atoms with Crippen LogP contribution in [0.25, 0.3) is 0 Å². The zero-order chi connectivity index (χ0) is 15.1. The van der Waals surface area contributed by atoms with E-state index in [4.69, 9.17) is 10.00 Å². The van der Waals surface area contributed by atoms with E-state index in [0.29, 0.717) is 30.8 Å². The molecule has 0 aliphatic rings. The van der Waals surface area contributed by atoms with Crippen LogP contribution in [0.3, 0.4) is 0 Å². The first-order valence-corrected chi connectivity index (χ1v) is 6.84. The van der Waals surface area contributed by atoms with Crippen molar-refractivity contribution in [2.45, 2.75) is 20.0 Å². The number of ether oxygens (including phenoxy) is 1. The van der Waals surface area contributed by atoms with E-state index in [1.807, 2.05) is 31.2 Å². The second-order valence-electron chi connectivity index (χ2n) is 4.60. The molecule has 2 aromatic rings. The summed E-state index contributed by atoms with van der Waals surface area (Å²) in [4.78, 5) is 0. The van der Waals surface area contributed by atoms with Gasteiger partial charge in [-0.1, -0.05) is 12.1 Å². The lowest BCUT2D eigenvalue weighted by Crippen LogP contribution is -2.14. The van der Waals surface area contributed by atoms with Gasteiger partial charge in [-0.3, -0.25) is 0 Å². The van der Waals surface area contributed by atoms with Crippen LogP contribution >= 0.6 is 0 Å². The van der Waals surface area contributed by atoms with E-state index < -0.39 is 0 Å². The average molecular weight is 284 g/mol. The van der Waals surface area contributed by atoms with Gasteiger partial charge < -0.3 is 10.1 Å². The van der Waals surface area contributed by atoms with Crippen LogP contribution in [0.15, 0.2) is 42.5 Å². The van der Waals surface area contributed by atoms with Gasteiger partial charge in [0, 0.05) is 13.1 Å². The molecule has 0 atom stereocenters. The first-order chi connectivity index (χ1) is 10.2. The molecule has 0 spiro atoms. The van der Waals surface area contributed by atoms with E-state index in [1.54, 1.807) is 0 Å². The van der Waals surface area contributed by atoms with Gasteiger partial charge in [0.2, 0.25) is 0 Å². The van der Waals surface area contributed by atoms with Crippen molar-refractivity contribution in [1.82, 2.24) is 5.32 Å². The monoisotopic (exact) mass is 284 g/mol. The van der Waals surface area contributed by atoms with Crippen LogP contribution < -0.4 is 10.1 Å². The molecule has 0 bridgehead atoms. The molecule has 21 heavy (non-hydrogen) atoms. The van der Waals surface area contributed by atoms with E-state index in [0.717, 1.165) is 11.3 Å². The minimum atomic E-state index is -0.329. The summed E-state index contributed by atoms with van der Waals surface area (Å²) in [5.41, 5.74) is 2.24. The smallest absolute Gasteiger partial charge is 0.123 e. The van der Waals surface area contributed by atoms with Crippen LogP contribution in [0, 0.1) is 17.1 Å². The maximum atomic E-state index is 13.2. The maximum absolute atomic E-state index is 13.2. The molecule has 1 N–H and O–H groups in total. The zero-order valence-corrected chi connectivity index (χ0v) is 11.9. The first kappa shape index (κ1) is 15.0. The third-order valence-corrected chi connectivity index (χ3v) is 3.04. The Morgan fingerprint density at radius 3 is 2.81 bits per heavy atom. The van der Waals surface area contributed by atoms with Crippen LogP contribution in [0.2, 0.25) is 0 Å². The van der Waals surface area contributed by atoms with Crippen molar-refractivity contribution in [2.75, 3.05) is 6.61 Å². The van der Waals surface area contributed by atoms with Crippen LogP contribution in [0.4, 0.5) is 4.39 Å². The van der Waals surface area contributed by atoms with Gasteiger partial charge in [-0.15, -0.1) is 0 Å². The molecule has 0 aliphatic heterocycles. The Kier molecular flexibility index (Phi) is 5.30. The van der Waals surface area contributed by atoms with Crippen LogP contribution in [0.5, 0.6) is 5.75 Å². The summed E-state index contributed by atoms with van der Waals surface area (Å²) in [6.07, 6.45) is 0. The largest absolute Gasteiger partial charge is 0.494 e. The summed E-state index contributed by atoms with van der Waals surface area (Å²) in [6, 6.07) is 14.1. The first-order valence-electron chi connectivity index (χ1n) is 6.84. The van der Waals surface area contributed by atoms with Crippen LogP contribution in [-0.4, -0.2) is 6.61 Å². The summed E-state index contributed by atoms with van der Waals surface area (Å²) in [6.45, 7) is 3.64. The number of hydrogen-bond donors (Lipinski definition) is 1. The molecule has 0 aliphatic carbocycles. The summed E-state index contributed by atoms with van der Waals surface area (Å²) in [5.74, 6) is 0.504. The average Bonchev–Trinajstić information content (AvgIpc) is 2.48. The minimum absolute atomic E-state index is 0.329. The quantitative estimate of drug-likeness (QED) is 0.884. The highest BCUT2D eigenvalue weighted by molar-refractivity contribution is 5.37. The third kappa shape index (κ3) is 4.30. The van der Waals surface area contributed by atoms with E-state index in [9.17, 15) is 4.39 Å². The van der Waals surface area contributed by atoms with E-state index in [-0.39, 0.29) is 5.82 Å². The van der Waals surface area contributed by atoms with E-state index >= 15 is 0 Å². The van der Waals surface area contributed by atoms with Gasteiger partial charge in [-0.05, 0) is 48.4 Å². The number of nitrogens with one attached hydrogen (secondary N) is 1. The number of benzene rings is 2. The van der Waals surface area contributed by atoms with E-state index in [2.05, 4.69) is 11.4 Å². The van der Waals surface area contributed by atoms with Gasteiger partial charge >= 0.3 is 0 Å². The normalized spacial score (nSPS) is 10.1. The van der Waals surface area contributed by atoms with Gasteiger partial charge in [-0.2, -0.15) is 5.26 Å². The Morgan fingerprint density at radius 1 is 1.19 bits per heavy atom. The lowest BCUT2D eigenvalue weighted by atomic mass is 10.1. The predicted octanol–water partition coefficient (Wildman–Crippen LogP) is 3.39. The highest BCUT2D eigenvalue weighted by Gasteiger charge is 2.04. The summed E-state index contributed by atoms with van der Waals surface area (Å²) in [5, 5.41) is 12.2. The molecule has 0 fully saturated rings. The molecule has 0 radical (unpaired) electrons. The number of halogens is 1. The maximum Gasteiger partial charge on any atom is 0.123 e. The van der Waals surface area contributed by atoms with Crippen LogP contribution in [-0.2, 0) is 13.1 Å². The standard InChI is InChI=1S/C17H17FN2O/c1-2-21-17-5-3-4-13(8-17)11-20-12-15-9-16(18)7-6-14(15)10-19/h3-9,20H,2,11-12H2,1H3. The fourth-order valence-corrected chi connectivity index (χ4v) is 2.07. The van der Waals surface area contributed by atoms with Gasteiger partial charge in [0.15, 0.2) is 0 Å². The number of hydrogen-bond acceptors (Lipinski definition) is 3. The molecule has 0 amide bonds. The molecule has 2 aromatic carbocycles. The van der Waals surface area contributed by atoms with Crippen molar-refractivity contribution >= 4 is 0 Å². The number of rotatable bonds is 6. The van der Waals surface area contributed by atoms with Crippen molar-refractivity contribution in [3.8, 4) is 11.8 Å².